The molecule has 30 heavy (non-hydrogen) atoms. The van der Waals surface area contributed by atoms with Gasteiger partial charge in [0.05, 0.1) is 21.5 Å². The van der Waals surface area contributed by atoms with Gasteiger partial charge in [-0.05, 0) is 55.5 Å². The molecule has 1 fully saturated rings. The van der Waals surface area contributed by atoms with E-state index in [4.69, 9.17) is 23.2 Å². The Kier molecular flexibility index (Phi) is 5.24. The Hall–Kier alpha value is -2.57. The monoisotopic (exact) mass is 449 g/mol. The van der Waals surface area contributed by atoms with Crippen molar-refractivity contribution in [2.24, 2.45) is 5.92 Å². The number of aromatic hydroxyl groups is 1. The summed E-state index contributed by atoms with van der Waals surface area (Å²) in [6, 6.07) is 6.64. The number of rotatable bonds is 4. The summed E-state index contributed by atoms with van der Waals surface area (Å²) in [6.45, 7) is 1.63. The van der Waals surface area contributed by atoms with E-state index in [1.54, 1.807) is 6.92 Å². The second-order valence-electron chi connectivity index (χ2n) is 7.60. The predicted octanol–water partition coefficient (Wildman–Crippen LogP) is 5.76. The molecule has 156 valence electrons. The van der Waals surface area contributed by atoms with E-state index in [0.29, 0.717) is 16.6 Å². The van der Waals surface area contributed by atoms with E-state index >= 15 is 0 Å². The average Bonchev–Trinajstić information content (AvgIpc) is 2.91. The van der Waals surface area contributed by atoms with Crippen molar-refractivity contribution < 1.29 is 24.2 Å². The van der Waals surface area contributed by atoms with Gasteiger partial charge in [-0.15, -0.1) is 0 Å². The van der Waals surface area contributed by atoms with E-state index in [-0.39, 0.29) is 27.0 Å². The third-order valence-electron chi connectivity index (χ3n) is 5.89. The summed E-state index contributed by atoms with van der Waals surface area (Å²) in [5.41, 5.74) is 1.23. The zero-order valence-corrected chi connectivity index (χ0v) is 17.5. The van der Waals surface area contributed by atoms with Gasteiger partial charge in [0.15, 0.2) is 11.6 Å². The SMILES string of the molecule is Cc1c(C(C(=O)O)C2CCC2)c2cc(O)c(F)cc2n1C(=O)c1ccc(Cl)c(Cl)c1. The lowest BCUT2D eigenvalue weighted by Gasteiger charge is -2.31. The Balaban J connectivity index is 1.99. The Bertz CT molecular complexity index is 1200. The first-order valence-corrected chi connectivity index (χ1v) is 10.2. The number of benzene rings is 2. The third-order valence-corrected chi connectivity index (χ3v) is 6.63. The van der Waals surface area contributed by atoms with Crippen molar-refractivity contribution in [2.75, 3.05) is 0 Å². The van der Waals surface area contributed by atoms with Crippen molar-refractivity contribution >= 4 is 46.0 Å². The first-order chi connectivity index (χ1) is 14.2. The standard InChI is InChI=1S/C22H18Cl2FNO4/c1-10-19(20(22(29)30)11-3-2-4-11)13-8-18(27)16(25)9-17(13)26(10)21(28)12-5-6-14(23)15(24)7-12/h5-9,11,20,27H,2-4H2,1H3,(H,29,30). The van der Waals surface area contributed by atoms with Crippen LogP contribution in [0.15, 0.2) is 30.3 Å². The zero-order chi connectivity index (χ0) is 21.7. The highest BCUT2D eigenvalue weighted by molar-refractivity contribution is 6.42. The lowest BCUT2D eigenvalue weighted by Crippen LogP contribution is -2.27. The zero-order valence-electron chi connectivity index (χ0n) is 16.0. The van der Waals surface area contributed by atoms with Gasteiger partial charge >= 0.3 is 5.97 Å². The second-order valence-corrected chi connectivity index (χ2v) is 8.41. The van der Waals surface area contributed by atoms with Crippen LogP contribution in [0.5, 0.6) is 5.75 Å². The number of phenols is 1. The number of carboxylic acid groups (broad SMARTS) is 1. The molecular weight excluding hydrogens is 432 g/mol. The van der Waals surface area contributed by atoms with Crippen LogP contribution in [0.25, 0.3) is 10.9 Å². The fourth-order valence-corrected chi connectivity index (χ4v) is 4.49. The van der Waals surface area contributed by atoms with Gasteiger partial charge in [0.2, 0.25) is 0 Å². The molecule has 0 aliphatic heterocycles. The topological polar surface area (TPSA) is 79.5 Å². The number of carbonyl (C=O) groups excluding carboxylic acids is 1. The Morgan fingerprint density at radius 2 is 1.87 bits per heavy atom. The number of halogens is 3. The van der Waals surface area contributed by atoms with E-state index in [0.717, 1.165) is 25.3 Å². The number of phenolic OH excluding ortho intramolecular Hbond substituents is 1. The minimum absolute atomic E-state index is 0.0764. The molecule has 0 radical (unpaired) electrons. The van der Waals surface area contributed by atoms with Gasteiger partial charge in [0.25, 0.3) is 5.91 Å². The van der Waals surface area contributed by atoms with Crippen LogP contribution in [0.1, 0.15) is 46.8 Å². The van der Waals surface area contributed by atoms with E-state index in [1.807, 2.05) is 0 Å². The second kappa shape index (κ2) is 7.60. The number of nitrogens with zero attached hydrogens (tertiary/aromatic N) is 1. The normalized spacial score (nSPS) is 15.2. The number of hydrogen-bond acceptors (Lipinski definition) is 3. The largest absolute Gasteiger partial charge is 0.505 e. The molecule has 0 bridgehead atoms. The number of carboxylic acids is 1. The van der Waals surface area contributed by atoms with Crippen LogP contribution in [0, 0.1) is 18.7 Å². The molecule has 1 aliphatic carbocycles. The number of hydrogen-bond donors (Lipinski definition) is 2. The molecular formula is C22H18Cl2FNO4. The molecule has 0 saturated heterocycles. The van der Waals surface area contributed by atoms with Crippen LogP contribution in [0.3, 0.4) is 0 Å². The fraction of sp³-hybridized carbons (Fsp3) is 0.273. The van der Waals surface area contributed by atoms with Gasteiger partial charge in [-0.2, -0.15) is 0 Å². The molecule has 0 amide bonds. The smallest absolute Gasteiger partial charge is 0.311 e. The van der Waals surface area contributed by atoms with Crippen LogP contribution in [0.4, 0.5) is 4.39 Å². The van der Waals surface area contributed by atoms with Crippen molar-refractivity contribution in [1.29, 1.82) is 0 Å². The average molecular weight is 450 g/mol. The van der Waals surface area contributed by atoms with Crippen LogP contribution in [-0.4, -0.2) is 26.7 Å². The van der Waals surface area contributed by atoms with Gasteiger partial charge in [-0.3, -0.25) is 14.2 Å². The summed E-state index contributed by atoms with van der Waals surface area (Å²) < 4.78 is 15.5. The Labute approximate surface area is 181 Å². The molecule has 2 N–H and O–H groups in total. The maximum Gasteiger partial charge on any atom is 0.311 e. The molecule has 2 aromatic carbocycles. The van der Waals surface area contributed by atoms with Gasteiger partial charge in [0.1, 0.15) is 0 Å². The summed E-state index contributed by atoms with van der Waals surface area (Å²) in [6.07, 6.45) is 2.46. The van der Waals surface area contributed by atoms with E-state index in [9.17, 15) is 24.2 Å². The first kappa shape index (κ1) is 20.7. The van der Waals surface area contributed by atoms with E-state index in [2.05, 4.69) is 0 Å². The molecule has 1 heterocycles. The van der Waals surface area contributed by atoms with Crippen LogP contribution < -0.4 is 0 Å². The van der Waals surface area contributed by atoms with Crippen molar-refractivity contribution in [3.05, 3.63) is 63.0 Å². The van der Waals surface area contributed by atoms with E-state index in [1.165, 1.54) is 28.8 Å². The van der Waals surface area contributed by atoms with Crippen molar-refractivity contribution in [3.63, 3.8) is 0 Å². The van der Waals surface area contributed by atoms with Crippen LogP contribution in [0.2, 0.25) is 10.0 Å². The maximum atomic E-state index is 14.2. The van der Waals surface area contributed by atoms with Gasteiger partial charge < -0.3 is 10.2 Å². The highest BCUT2D eigenvalue weighted by Crippen LogP contribution is 2.45. The van der Waals surface area contributed by atoms with Gasteiger partial charge in [-0.1, -0.05) is 29.6 Å². The summed E-state index contributed by atoms with van der Waals surface area (Å²) in [7, 11) is 0. The number of carbonyl (C=O) groups is 2. The number of fused-ring (bicyclic) bond motifs is 1. The summed E-state index contributed by atoms with van der Waals surface area (Å²) >= 11 is 12.0. The first-order valence-electron chi connectivity index (χ1n) is 9.46. The summed E-state index contributed by atoms with van der Waals surface area (Å²) in [5, 5.41) is 20.7. The maximum absolute atomic E-state index is 14.2. The molecule has 3 aromatic rings. The Morgan fingerprint density at radius 3 is 2.43 bits per heavy atom. The molecule has 1 saturated carbocycles. The van der Waals surface area contributed by atoms with Crippen molar-refractivity contribution in [2.45, 2.75) is 32.1 Å². The van der Waals surface area contributed by atoms with Crippen molar-refractivity contribution in [3.8, 4) is 5.75 Å². The molecule has 5 nitrogen and oxygen atoms in total. The number of aromatic nitrogens is 1. The third kappa shape index (κ3) is 3.24. The molecule has 1 aliphatic rings. The molecule has 1 unspecified atom stereocenters. The lowest BCUT2D eigenvalue weighted by molar-refractivity contribution is -0.141. The lowest BCUT2D eigenvalue weighted by atomic mass is 9.72. The molecule has 8 heteroatoms. The highest BCUT2D eigenvalue weighted by atomic mass is 35.5. The van der Waals surface area contributed by atoms with Crippen molar-refractivity contribution in [1.82, 2.24) is 4.57 Å². The predicted molar refractivity (Wildman–Crippen MR) is 112 cm³/mol. The minimum Gasteiger partial charge on any atom is -0.505 e. The van der Waals surface area contributed by atoms with Crippen LogP contribution >= 0.6 is 23.2 Å². The summed E-state index contributed by atoms with van der Waals surface area (Å²) in [4.78, 5) is 25.5. The number of aliphatic carboxylic acids is 1. The highest BCUT2D eigenvalue weighted by Gasteiger charge is 2.38. The van der Waals surface area contributed by atoms with Gasteiger partial charge in [0, 0.05) is 22.7 Å². The fourth-order valence-electron chi connectivity index (χ4n) is 4.19. The molecule has 1 aromatic heterocycles. The van der Waals surface area contributed by atoms with Gasteiger partial charge in [-0.25, -0.2) is 4.39 Å². The molecule has 0 spiro atoms. The quantitative estimate of drug-likeness (QED) is 0.530. The van der Waals surface area contributed by atoms with E-state index < -0.39 is 29.4 Å². The Morgan fingerprint density at radius 1 is 1.17 bits per heavy atom. The summed E-state index contributed by atoms with van der Waals surface area (Å²) in [5.74, 6) is -3.93. The molecule has 1 atom stereocenters. The molecule has 4 rings (SSSR count). The minimum atomic E-state index is -1.01. The van der Waals surface area contributed by atoms with Crippen LogP contribution in [-0.2, 0) is 4.79 Å².